The van der Waals surface area contributed by atoms with E-state index < -0.39 is 0 Å². The quantitative estimate of drug-likeness (QED) is 0.173. The van der Waals surface area contributed by atoms with Crippen LogP contribution >= 0.6 is 0 Å². The molecule has 0 amide bonds. The van der Waals surface area contributed by atoms with Crippen molar-refractivity contribution < 1.29 is 4.42 Å². The van der Waals surface area contributed by atoms with Gasteiger partial charge < -0.3 is 13.9 Å². The van der Waals surface area contributed by atoms with Crippen molar-refractivity contribution in [2.45, 2.75) is 0 Å². The average molecular weight is 704 g/mol. The van der Waals surface area contributed by atoms with E-state index in [1.807, 2.05) is 36.4 Å². The Bertz CT molecular complexity index is 3200. The largest absolute Gasteiger partial charge is 0.436 e. The van der Waals surface area contributed by atoms with Gasteiger partial charge in [-0.3, -0.25) is 0 Å². The molecule has 0 unspecified atom stereocenters. The molecular weight excluding hydrogens is 671 g/mol. The first-order valence-corrected chi connectivity index (χ1v) is 18.6. The molecule has 0 N–H and O–H groups in total. The summed E-state index contributed by atoms with van der Waals surface area (Å²) in [7, 11) is 0. The molecule has 0 radical (unpaired) electrons. The number of nitrogens with zero attached hydrogens (tertiary/aromatic N) is 3. The third-order valence-corrected chi connectivity index (χ3v) is 10.8. The Balaban J connectivity index is 1.03. The van der Waals surface area contributed by atoms with Gasteiger partial charge in [-0.15, -0.1) is 0 Å². The normalized spacial score (nSPS) is 11.6. The average Bonchev–Trinajstić information content (AvgIpc) is 3.84. The maximum atomic E-state index is 6.22. The van der Waals surface area contributed by atoms with Gasteiger partial charge in [0.05, 0.1) is 11.0 Å². The molecule has 0 fully saturated rings. The summed E-state index contributed by atoms with van der Waals surface area (Å²) >= 11 is 0. The van der Waals surface area contributed by atoms with Gasteiger partial charge in [-0.1, -0.05) is 115 Å². The third kappa shape index (κ3) is 5.26. The van der Waals surface area contributed by atoms with Crippen molar-refractivity contribution in [3.05, 3.63) is 200 Å². The number of para-hydroxylation sites is 2. The van der Waals surface area contributed by atoms with Crippen LogP contribution in [-0.4, -0.2) is 9.55 Å². The molecule has 9 aromatic carbocycles. The monoisotopic (exact) mass is 703 g/mol. The highest BCUT2D eigenvalue weighted by Gasteiger charge is 2.18. The zero-order valence-corrected chi connectivity index (χ0v) is 29.8. The van der Waals surface area contributed by atoms with E-state index in [1.54, 1.807) is 0 Å². The molecule has 0 aliphatic carbocycles. The Labute approximate surface area is 317 Å². The molecule has 11 aromatic rings. The number of fused-ring (bicyclic) bond motifs is 7. The van der Waals surface area contributed by atoms with Crippen molar-refractivity contribution in [2.24, 2.45) is 0 Å². The molecule has 0 aliphatic rings. The number of oxazole rings is 1. The van der Waals surface area contributed by atoms with E-state index >= 15 is 0 Å². The lowest BCUT2D eigenvalue weighted by molar-refractivity contribution is 0.620. The van der Waals surface area contributed by atoms with Crippen LogP contribution in [0.1, 0.15) is 0 Å². The summed E-state index contributed by atoms with van der Waals surface area (Å²) in [4.78, 5) is 7.10. The minimum absolute atomic E-state index is 0.632. The molecule has 0 spiro atoms. The van der Waals surface area contributed by atoms with Crippen molar-refractivity contribution in [1.29, 1.82) is 0 Å². The number of anilines is 3. The van der Waals surface area contributed by atoms with Crippen LogP contribution in [0.4, 0.5) is 17.1 Å². The van der Waals surface area contributed by atoms with E-state index in [-0.39, 0.29) is 0 Å². The molecule has 0 bridgehead atoms. The number of rotatable bonds is 6. The van der Waals surface area contributed by atoms with Gasteiger partial charge in [-0.05, 0) is 118 Å². The Kier molecular flexibility index (Phi) is 7.14. The summed E-state index contributed by atoms with van der Waals surface area (Å²) in [6.45, 7) is 0. The lowest BCUT2D eigenvalue weighted by atomic mass is 10.0. The second kappa shape index (κ2) is 12.6. The van der Waals surface area contributed by atoms with Gasteiger partial charge in [-0.2, -0.15) is 0 Å². The Morgan fingerprint density at radius 1 is 0.418 bits per heavy atom. The van der Waals surface area contributed by atoms with Crippen LogP contribution in [0.3, 0.4) is 0 Å². The molecular formula is C51H33N3O. The maximum absolute atomic E-state index is 6.22. The fraction of sp³-hybridized carbons (Fsp3) is 0. The minimum Gasteiger partial charge on any atom is -0.436 e. The van der Waals surface area contributed by atoms with Crippen LogP contribution in [0.2, 0.25) is 0 Å². The molecule has 0 saturated carbocycles. The van der Waals surface area contributed by atoms with Gasteiger partial charge in [0.2, 0.25) is 5.89 Å². The molecule has 258 valence electrons. The van der Waals surface area contributed by atoms with E-state index in [9.17, 15) is 0 Å². The van der Waals surface area contributed by atoms with Crippen molar-refractivity contribution in [1.82, 2.24) is 9.55 Å². The van der Waals surface area contributed by atoms with E-state index in [0.717, 1.165) is 50.5 Å². The number of hydrogen-bond donors (Lipinski definition) is 0. The molecule has 2 heterocycles. The standard InChI is InChI=1S/C51H33N3O/c1-3-12-36(13-4-1)51-52-46-29-22-38(33-49(46)55-51)35-19-24-41(25-20-35)53(42-26-21-34-11-7-8-14-37(34)31-42)43-27-28-44-39(32-43)23-30-48-50(44)45-17-9-10-18-47(45)54(48)40-15-5-2-6-16-40/h1-33H. The topological polar surface area (TPSA) is 34.2 Å². The van der Waals surface area contributed by atoms with E-state index in [0.29, 0.717) is 5.89 Å². The summed E-state index contributed by atoms with van der Waals surface area (Å²) in [5.41, 5.74) is 11.6. The van der Waals surface area contributed by atoms with Crippen molar-refractivity contribution in [2.75, 3.05) is 4.90 Å². The van der Waals surface area contributed by atoms with E-state index in [2.05, 4.69) is 173 Å². The first-order valence-electron chi connectivity index (χ1n) is 18.6. The van der Waals surface area contributed by atoms with Crippen molar-refractivity contribution >= 4 is 71.5 Å². The number of hydrogen-bond acceptors (Lipinski definition) is 3. The zero-order valence-electron chi connectivity index (χ0n) is 29.8. The first-order chi connectivity index (χ1) is 27.2. The fourth-order valence-electron chi connectivity index (χ4n) is 8.15. The first kappa shape index (κ1) is 31.1. The van der Waals surface area contributed by atoms with Gasteiger partial charge in [0.25, 0.3) is 0 Å². The van der Waals surface area contributed by atoms with Crippen LogP contribution in [-0.2, 0) is 0 Å². The zero-order chi connectivity index (χ0) is 36.3. The molecule has 0 aliphatic heterocycles. The summed E-state index contributed by atoms with van der Waals surface area (Å²) < 4.78 is 8.60. The fourth-order valence-corrected chi connectivity index (χ4v) is 8.15. The lowest BCUT2D eigenvalue weighted by Gasteiger charge is -2.26. The second-order valence-electron chi connectivity index (χ2n) is 14.0. The summed E-state index contributed by atoms with van der Waals surface area (Å²) in [6.07, 6.45) is 0. The highest BCUT2D eigenvalue weighted by atomic mass is 16.3. The smallest absolute Gasteiger partial charge is 0.227 e. The van der Waals surface area contributed by atoms with E-state index in [1.165, 1.54) is 43.4 Å². The van der Waals surface area contributed by atoms with Gasteiger partial charge in [0.15, 0.2) is 5.58 Å². The van der Waals surface area contributed by atoms with Crippen molar-refractivity contribution in [3.8, 4) is 28.3 Å². The second-order valence-corrected chi connectivity index (χ2v) is 14.0. The maximum Gasteiger partial charge on any atom is 0.227 e. The molecule has 0 saturated heterocycles. The summed E-state index contributed by atoms with van der Waals surface area (Å²) in [6, 6.07) is 71.2. The van der Waals surface area contributed by atoms with Gasteiger partial charge in [0.1, 0.15) is 5.52 Å². The highest BCUT2D eigenvalue weighted by Crippen LogP contribution is 2.42. The Morgan fingerprint density at radius 2 is 1.07 bits per heavy atom. The Hall–Kier alpha value is -7.43. The van der Waals surface area contributed by atoms with Gasteiger partial charge in [0, 0.05) is 39.1 Å². The minimum atomic E-state index is 0.632. The van der Waals surface area contributed by atoms with Gasteiger partial charge in [-0.25, -0.2) is 4.98 Å². The molecule has 4 heteroatoms. The number of benzene rings is 9. The van der Waals surface area contributed by atoms with Crippen LogP contribution in [0.15, 0.2) is 205 Å². The van der Waals surface area contributed by atoms with Crippen molar-refractivity contribution in [3.63, 3.8) is 0 Å². The van der Waals surface area contributed by atoms with Gasteiger partial charge >= 0.3 is 0 Å². The van der Waals surface area contributed by atoms with Crippen LogP contribution in [0.5, 0.6) is 0 Å². The molecule has 11 rings (SSSR count). The summed E-state index contributed by atoms with van der Waals surface area (Å²) in [5, 5.41) is 7.37. The third-order valence-electron chi connectivity index (χ3n) is 10.8. The molecule has 2 aromatic heterocycles. The lowest BCUT2D eigenvalue weighted by Crippen LogP contribution is -2.10. The highest BCUT2D eigenvalue weighted by molar-refractivity contribution is 6.21. The van der Waals surface area contributed by atoms with Crippen LogP contribution in [0.25, 0.3) is 82.7 Å². The molecule has 55 heavy (non-hydrogen) atoms. The predicted octanol–water partition coefficient (Wildman–Crippen LogP) is 14.0. The number of aromatic nitrogens is 2. The summed E-state index contributed by atoms with van der Waals surface area (Å²) in [5.74, 6) is 0.632. The SMILES string of the molecule is c1ccc(-c2nc3ccc(-c4ccc(N(c5ccc6ccccc6c5)c5ccc6c(ccc7c6c6ccccc6n7-c6ccccc6)c5)cc4)cc3o2)cc1. The molecule has 4 nitrogen and oxygen atoms in total. The van der Waals surface area contributed by atoms with E-state index in [4.69, 9.17) is 9.40 Å². The Morgan fingerprint density at radius 3 is 1.91 bits per heavy atom. The predicted molar refractivity (Wildman–Crippen MR) is 229 cm³/mol. The van der Waals surface area contributed by atoms with Crippen LogP contribution in [0, 0.1) is 0 Å². The van der Waals surface area contributed by atoms with Crippen LogP contribution < -0.4 is 4.90 Å². The molecule has 0 atom stereocenters.